The largest absolute Gasteiger partial charge is 0.508 e. The van der Waals surface area contributed by atoms with Crippen LogP contribution in [-0.2, 0) is 6.42 Å². The first kappa shape index (κ1) is 11.7. The van der Waals surface area contributed by atoms with E-state index in [4.69, 9.17) is 5.11 Å². The number of hydrogen-bond donors (Lipinski definition) is 2. The molecule has 1 aromatic carbocycles. The Morgan fingerprint density at radius 3 is 2.47 bits per heavy atom. The highest BCUT2D eigenvalue weighted by Gasteiger charge is 2.03. The molecule has 0 spiro atoms. The van der Waals surface area contributed by atoms with Crippen LogP contribution in [0.2, 0.25) is 0 Å². The van der Waals surface area contributed by atoms with Crippen LogP contribution in [-0.4, -0.2) is 29.7 Å². The fourth-order valence-corrected chi connectivity index (χ4v) is 1.76. The first-order valence-corrected chi connectivity index (χ1v) is 5.57. The Labute approximate surface area is 101 Å². The Hall–Kier alpha value is -1.81. The van der Waals surface area contributed by atoms with Crippen molar-refractivity contribution in [2.75, 3.05) is 6.61 Å². The maximum atomic E-state index is 9.24. The topological polar surface area (TPSA) is 53.4 Å². The Bertz CT molecular complexity index is 511. The van der Waals surface area contributed by atoms with E-state index < -0.39 is 0 Å². The number of aliphatic hydroxyl groups is 1. The number of phenols is 1. The number of aliphatic hydroxyl groups excluding tert-OH is 1. The highest BCUT2D eigenvalue weighted by atomic mass is 16.3. The number of hydrogen-bond acceptors (Lipinski definition) is 3. The van der Waals surface area contributed by atoms with Gasteiger partial charge in [0.1, 0.15) is 13.6 Å². The summed E-state index contributed by atoms with van der Waals surface area (Å²) in [7, 11) is 2.01. The molecule has 2 N–H and O–H groups in total. The van der Waals surface area contributed by atoms with E-state index in [1.165, 1.54) is 0 Å². The Morgan fingerprint density at radius 1 is 1.12 bits per heavy atom. The number of rotatable bonds is 3. The van der Waals surface area contributed by atoms with Crippen molar-refractivity contribution in [1.29, 1.82) is 0 Å². The summed E-state index contributed by atoms with van der Waals surface area (Å²) in [5.74, 6) is 0.247. The number of aromatic hydroxyl groups is 1. The third-order valence-corrected chi connectivity index (χ3v) is 2.55. The van der Waals surface area contributed by atoms with Crippen LogP contribution in [0, 0.1) is 0 Å². The normalized spacial score (nSPS) is 10.4. The van der Waals surface area contributed by atoms with Crippen molar-refractivity contribution in [1.82, 2.24) is 4.98 Å². The summed E-state index contributed by atoms with van der Waals surface area (Å²) in [6, 6.07) is 10.9. The SMILES string of the molecule is Bc1cc(CCO)nc(-c2ccc(O)cc2)c1. The first-order valence-electron chi connectivity index (χ1n) is 5.57. The van der Waals surface area contributed by atoms with Gasteiger partial charge in [-0.05, 0) is 36.4 Å². The zero-order valence-corrected chi connectivity index (χ0v) is 9.72. The molecule has 17 heavy (non-hydrogen) atoms. The van der Waals surface area contributed by atoms with Crippen LogP contribution in [0.3, 0.4) is 0 Å². The molecular formula is C13H14BNO2. The number of pyridine rings is 1. The average molecular weight is 227 g/mol. The molecular weight excluding hydrogens is 213 g/mol. The third-order valence-electron chi connectivity index (χ3n) is 2.55. The molecule has 4 heteroatoms. The summed E-state index contributed by atoms with van der Waals surface area (Å²) in [5.41, 5.74) is 3.83. The van der Waals surface area contributed by atoms with Gasteiger partial charge >= 0.3 is 0 Å². The van der Waals surface area contributed by atoms with Crippen molar-refractivity contribution >= 4 is 13.3 Å². The lowest BCUT2D eigenvalue weighted by atomic mass is 9.94. The van der Waals surface area contributed by atoms with E-state index >= 15 is 0 Å². The van der Waals surface area contributed by atoms with Gasteiger partial charge in [0, 0.05) is 24.3 Å². The first-order chi connectivity index (χ1) is 8.19. The van der Waals surface area contributed by atoms with Gasteiger partial charge in [0.15, 0.2) is 0 Å². The van der Waals surface area contributed by atoms with Gasteiger partial charge in [0.25, 0.3) is 0 Å². The van der Waals surface area contributed by atoms with Crippen molar-refractivity contribution in [3.8, 4) is 17.0 Å². The molecule has 0 saturated heterocycles. The summed E-state index contributed by atoms with van der Waals surface area (Å²) >= 11 is 0. The summed E-state index contributed by atoms with van der Waals surface area (Å²) in [5, 5.41) is 18.2. The van der Waals surface area contributed by atoms with Crippen LogP contribution < -0.4 is 5.46 Å². The van der Waals surface area contributed by atoms with Gasteiger partial charge in [-0.15, -0.1) is 0 Å². The average Bonchev–Trinajstić information content (AvgIpc) is 2.29. The minimum Gasteiger partial charge on any atom is -0.508 e. The molecule has 0 fully saturated rings. The van der Waals surface area contributed by atoms with Gasteiger partial charge in [-0.2, -0.15) is 0 Å². The lowest BCUT2D eigenvalue weighted by molar-refractivity contribution is 0.298. The second-order valence-corrected chi connectivity index (χ2v) is 4.04. The molecule has 0 bridgehead atoms. The second-order valence-electron chi connectivity index (χ2n) is 4.04. The van der Waals surface area contributed by atoms with E-state index in [9.17, 15) is 5.11 Å². The van der Waals surface area contributed by atoms with E-state index in [0.29, 0.717) is 6.42 Å². The molecule has 2 aromatic rings. The van der Waals surface area contributed by atoms with Gasteiger partial charge < -0.3 is 10.2 Å². The molecule has 0 aliphatic rings. The fraction of sp³-hybridized carbons (Fsp3) is 0.154. The zero-order valence-electron chi connectivity index (χ0n) is 9.72. The van der Waals surface area contributed by atoms with Gasteiger partial charge in [-0.25, -0.2) is 0 Å². The Balaban J connectivity index is 2.40. The number of phenolic OH excluding ortho intramolecular Hbond substituents is 1. The molecule has 0 atom stereocenters. The van der Waals surface area contributed by atoms with Crippen LogP contribution in [0.4, 0.5) is 0 Å². The number of benzene rings is 1. The molecule has 0 aliphatic carbocycles. The molecule has 0 unspecified atom stereocenters. The molecule has 0 saturated carbocycles. The maximum Gasteiger partial charge on any atom is 0.139 e. The van der Waals surface area contributed by atoms with Crippen LogP contribution >= 0.6 is 0 Å². The van der Waals surface area contributed by atoms with Crippen LogP contribution in [0.1, 0.15) is 5.69 Å². The van der Waals surface area contributed by atoms with E-state index in [-0.39, 0.29) is 12.4 Å². The van der Waals surface area contributed by atoms with E-state index in [1.54, 1.807) is 12.1 Å². The molecule has 0 radical (unpaired) electrons. The van der Waals surface area contributed by atoms with Gasteiger partial charge in [0.2, 0.25) is 0 Å². The lowest BCUT2D eigenvalue weighted by Gasteiger charge is -2.06. The summed E-state index contributed by atoms with van der Waals surface area (Å²) in [6.07, 6.45) is 0.562. The highest BCUT2D eigenvalue weighted by molar-refractivity contribution is 6.32. The molecule has 86 valence electrons. The van der Waals surface area contributed by atoms with E-state index in [2.05, 4.69) is 4.98 Å². The molecule has 2 rings (SSSR count). The monoisotopic (exact) mass is 227 g/mol. The standard InChI is InChI=1S/C13H14BNO2/c14-10-7-11(5-6-16)15-13(8-10)9-1-3-12(17)4-2-9/h1-4,7-8,16-17H,5-6,14H2. The minimum absolute atomic E-state index is 0.103. The van der Waals surface area contributed by atoms with Gasteiger partial charge in [0.05, 0.1) is 5.69 Å². The van der Waals surface area contributed by atoms with Crippen molar-refractivity contribution in [2.45, 2.75) is 6.42 Å². The quantitative estimate of drug-likeness (QED) is 0.739. The van der Waals surface area contributed by atoms with E-state index in [1.807, 2.05) is 32.1 Å². The molecule has 0 aliphatic heterocycles. The molecule has 1 heterocycles. The lowest BCUT2D eigenvalue weighted by Crippen LogP contribution is -2.08. The minimum atomic E-state index is 0.103. The Morgan fingerprint density at radius 2 is 1.82 bits per heavy atom. The van der Waals surface area contributed by atoms with Crippen molar-refractivity contribution in [3.63, 3.8) is 0 Å². The summed E-state index contributed by atoms with van der Waals surface area (Å²) in [6.45, 7) is 0.103. The molecule has 0 amide bonds. The van der Waals surface area contributed by atoms with Crippen molar-refractivity contribution in [2.24, 2.45) is 0 Å². The van der Waals surface area contributed by atoms with Gasteiger partial charge in [-0.3, -0.25) is 4.98 Å². The van der Waals surface area contributed by atoms with Crippen molar-refractivity contribution < 1.29 is 10.2 Å². The third kappa shape index (κ3) is 2.85. The molecule has 1 aromatic heterocycles. The van der Waals surface area contributed by atoms with Crippen molar-refractivity contribution in [3.05, 3.63) is 42.1 Å². The second kappa shape index (κ2) is 5.02. The zero-order chi connectivity index (χ0) is 12.3. The van der Waals surface area contributed by atoms with E-state index in [0.717, 1.165) is 22.4 Å². The maximum absolute atomic E-state index is 9.24. The highest BCUT2D eigenvalue weighted by Crippen LogP contribution is 2.19. The van der Waals surface area contributed by atoms with Crippen LogP contribution in [0.25, 0.3) is 11.3 Å². The summed E-state index contributed by atoms with van der Waals surface area (Å²) in [4.78, 5) is 4.48. The number of aromatic nitrogens is 1. The smallest absolute Gasteiger partial charge is 0.139 e. The van der Waals surface area contributed by atoms with Crippen LogP contribution in [0.5, 0.6) is 5.75 Å². The Kier molecular flexibility index (Phi) is 3.45. The van der Waals surface area contributed by atoms with Crippen LogP contribution in [0.15, 0.2) is 36.4 Å². The number of nitrogens with zero attached hydrogens (tertiary/aromatic N) is 1. The van der Waals surface area contributed by atoms with Gasteiger partial charge in [-0.1, -0.05) is 5.46 Å². The molecule has 3 nitrogen and oxygen atoms in total. The summed E-state index contributed by atoms with van der Waals surface area (Å²) < 4.78 is 0. The predicted molar refractivity (Wildman–Crippen MR) is 70.3 cm³/mol. The fourth-order valence-electron chi connectivity index (χ4n) is 1.76. The predicted octanol–water partition coefficient (Wildman–Crippen LogP) is 0.247.